The molecular weight excluding hydrogens is 432 g/mol. The Morgan fingerprint density at radius 2 is 1.73 bits per heavy atom. The van der Waals surface area contributed by atoms with E-state index in [2.05, 4.69) is 59.8 Å². The average molecular weight is 463 g/mol. The van der Waals surface area contributed by atoms with E-state index in [-0.39, 0.29) is 6.04 Å². The van der Waals surface area contributed by atoms with Crippen molar-refractivity contribution >= 4 is 28.1 Å². The summed E-state index contributed by atoms with van der Waals surface area (Å²) >= 11 is 1.82. The normalized spacial score (nSPS) is 12.1. The summed E-state index contributed by atoms with van der Waals surface area (Å²) in [5.41, 5.74) is 4.68. The summed E-state index contributed by atoms with van der Waals surface area (Å²) in [5, 5.41) is 7.79. The maximum atomic E-state index is 5.51. The third kappa shape index (κ3) is 4.65. The van der Waals surface area contributed by atoms with E-state index >= 15 is 0 Å². The molecule has 1 unspecified atom stereocenters. The molecule has 4 rings (SSSR count). The van der Waals surface area contributed by atoms with Crippen LogP contribution in [0.4, 0.5) is 5.82 Å². The zero-order valence-corrected chi connectivity index (χ0v) is 20.8. The smallest absolute Gasteiger partial charge is 0.162 e. The number of benzene rings is 2. The molecule has 172 valence electrons. The summed E-state index contributed by atoms with van der Waals surface area (Å²) in [7, 11) is 5.24. The molecule has 0 aliphatic carbocycles. The van der Waals surface area contributed by atoms with E-state index < -0.39 is 0 Å². The first-order chi connectivity index (χ1) is 15.9. The number of thiophene rings is 1. The highest BCUT2D eigenvalue weighted by Gasteiger charge is 2.18. The molecule has 2 heterocycles. The van der Waals surface area contributed by atoms with Gasteiger partial charge in [-0.05, 0) is 56.6 Å². The highest BCUT2D eigenvalue weighted by molar-refractivity contribution is 7.15. The van der Waals surface area contributed by atoms with Gasteiger partial charge in [0, 0.05) is 27.8 Å². The third-order valence-electron chi connectivity index (χ3n) is 5.66. The van der Waals surface area contributed by atoms with Crippen molar-refractivity contribution in [1.29, 1.82) is 0 Å². The fraction of sp³-hybridized carbons (Fsp3) is 0.308. The van der Waals surface area contributed by atoms with E-state index in [1.165, 1.54) is 26.4 Å². The van der Waals surface area contributed by atoms with Gasteiger partial charge >= 0.3 is 0 Å². The molecule has 0 amide bonds. The van der Waals surface area contributed by atoms with Crippen LogP contribution in [0.3, 0.4) is 0 Å². The van der Waals surface area contributed by atoms with Crippen LogP contribution in [0.1, 0.15) is 34.8 Å². The van der Waals surface area contributed by atoms with Gasteiger partial charge in [-0.1, -0.05) is 24.3 Å². The zero-order valence-electron chi connectivity index (χ0n) is 19.9. The predicted molar refractivity (Wildman–Crippen MR) is 137 cm³/mol. The predicted octanol–water partition coefficient (Wildman–Crippen LogP) is 5.88. The Labute approximate surface area is 199 Å². The van der Waals surface area contributed by atoms with E-state index in [0.717, 1.165) is 23.3 Å². The van der Waals surface area contributed by atoms with Crippen LogP contribution in [0.15, 0.2) is 42.5 Å². The van der Waals surface area contributed by atoms with Gasteiger partial charge in [-0.2, -0.15) is 0 Å². The van der Waals surface area contributed by atoms with E-state index in [4.69, 9.17) is 14.5 Å². The summed E-state index contributed by atoms with van der Waals surface area (Å²) in [6.07, 6.45) is 0. The number of hydrogen-bond acceptors (Lipinski definition) is 7. The molecular formula is C26H30N4O2S. The molecule has 1 atom stereocenters. The Bertz CT molecular complexity index is 1290. The first-order valence-electron chi connectivity index (χ1n) is 10.9. The average Bonchev–Trinajstić information content (AvgIpc) is 3.20. The van der Waals surface area contributed by atoms with Crippen molar-refractivity contribution in [3.63, 3.8) is 0 Å². The quantitative estimate of drug-likeness (QED) is 0.341. The molecule has 0 bridgehead atoms. The fourth-order valence-corrected chi connectivity index (χ4v) is 5.27. The second kappa shape index (κ2) is 9.77. The number of nitrogens with zero attached hydrogens (tertiary/aromatic N) is 2. The van der Waals surface area contributed by atoms with Crippen molar-refractivity contribution in [2.24, 2.45) is 0 Å². The van der Waals surface area contributed by atoms with Crippen LogP contribution in [0, 0.1) is 13.8 Å². The number of aromatic nitrogens is 2. The minimum absolute atomic E-state index is 0.0736. The van der Waals surface area contributed by atoms with Gasteiger partial charge in [0.25, 0.3) is 0 Å². The lowest BCUT2D eigenvalue weighted by Gasteiger charge is -2.16. The number of anilines is 1. The number of methoxy groups -OCH3 is 2. The molecule has 0 saturated carbocycles. The molecule has 7 heteroatoms. The largest absolute Gasteiger partial charge is 0.493 e. The van der Waals surface area contributed by atoms with Crippen LogP contribution in [-0.4, -0.2) is 31.2 Å². The Hall–Kier alpha value is -3.16. The first-order valence-corrected chi connectivity index (χ1v) is 11.8. The van der Waals surface area contributed by atoms with Gasteiger partial charge in [-0.25, -0.2) is 9.97 Å². The lowest BCUT2D eigenvalue weighted by molar-refractivity contribution is 0.356. The van der Waals surface area contributed by atoms with E-state index in [1.54, 1.807) is 14.2 Å². The second-order valence-electron chi connectivity index (χ2n) is 8.06. The minimum Gasteiger partial charge on any atom is -0.493 e. The Kier molecular flexibility index (Phi) is 6.81. The number of ether oxygens (including phenoxy) is 2. The summed E-state index contributed by atoms with van der Waals surface area (Å²) in [5.74, 6) is 2.80. The number of hydrogen-bond donors (Lipinski definition) is 2. The van der Waals surface area contributed by atoms with Gasteiger partial charge in [0.1, 0.15) is 11.6 Å². The van der Waals surface area contributed by atoms with Crippen molar-refractivity contribution in [3.8, 4) is 21.9 Å². The Morgan fingerprint density at radius 3 is 2.45 bits per heavy atom. The van der Waals surface area contributed by atoms with Gasteiger partial charge in [-0.3, -0.25) is 0 Å². The van der Waals surface area contributed by atoms with Crippen LogP contribution < -0.4 is 20.1 Å². The van der Waals surface area contributed by atoms with Crippen molar-refractivity contribution in [2.75, 3.05) is 26.6 Å². The maximum absolute atomic E-state index is 5.51. The molecule has 0 aliphatic heterocycles. The Morgan fingerprint density at radius 1 is 1.00 bits per heavy atom. The van der Waals surface area contributed by atoms with Crippen LogP contribution in [0.5, 0.6) is 11.5 Å². The van der Waals surface area contributed by atoms with Gasteiger partial charge in [0.05, 0.1) is 25.8 Å². The van der Waals surface area contributed by atoms with Gasteiger partial charge in [0.2, 0.25) is 0 Å². The molecule has 2 aromatic heterocycles. The summed E-state index contributed by atoms with van der Waals surface area (Å²) in [6, 6.07) is 14.8. The highest BCUT2D eigenvalue weighted by atomic mass is 32.1. The zero-order chi connectivity index (χ0) is 23.5. The lowest BCUT2D eigenvalue weighted by atomic mass is 10.0. The molecule has 0 aliphatic rings. The van der Waals surface area contributed by atoms with Gasteiger partial charge in [0.15, 0.2) is 11.5 Å². The third-order valence-corrected chi connectivity index (χ3v) is 7.11. The number of nitrogens with one attached hydrogen (secondary N) is 2. The van der Waals surface area contributed by atoms with Crippen molar-refractivity contribution < 1.29 is 9.47 Å². The molecule has 33 heavy (non-hydrogen) atoms. The van der Waals surface area contributed by atoms with Crippen molar-refractivity contribution in [2.45, 2.75) is 33.4 Å². The van der Waals surface area contributed by atoms with Crippen LogP contribution in [0.2, 0.25) is 0 Å². The SMILES string of the molecule is CNCc1ccccc1-c1sc(C(C)Nc2nc(C)nc3cc(OC)c(OC)cc23)cc1C. The van der Waals surface area contributed by atoms with E-state index in [9.17, 15) is 0 Å². The summed E-state index contributed by atoms with van der Waals surface area (Å²) < 4.78 is 11.0. The summed E-state index contributed by atoms with van der Waals surface area (Å²) in [6.45, 7) is 7.09. The van der Waals surface area contributed by atoms with E-state index in [1.807, 2.05) is 37.4 Å². The molecule has 0 radical (unpaired) electrons. The van der Waals surface area contributed by atoms with Gasteiger partial charge < -0.3 is 20.1 Å². The molecule has 4 aromatic rings. The number of fused-ring (bicyclic) bond motifs is 1. The van der Waals surface area contributed by atoms with Crippen LogP contribution in [-0.2, 0) is 6.54 Å². The van der Waals surface area contributed by atoms with Crippen LogP contribution >= 0.6 is 11.3 Å². The number of rotatable bonds is 8. The molecule has 0 saturated heterocycles. The Balaban J connectivity index is 1.70. The number of aryl methyl sites for hydroxylation is 2. The van der Waals surface area contributed by atoms with E-state index in [0.29, 0.717) is 17.3 Å². The monoisotopic (exact) mass is 462 g/mol. The van der Waals surface area contributed by atoms with Crippen LogP contribution in [0.25, 0.3) is 21.3 Å². The lowest BCUT2D eigenvalue weighted by Crippen LogP contribution is -2.08. The highest BCUT2D eigenvalue weighted by Crippen LogP contribution is 2.39. The summed E-state index contributed by atoms with van der Waals surface area (Å²) in [4.78, 5) is 11.9. The maximum Gasteiger partial charge on any atom is 0.162 e. The molecule has 0 spiro atoms. The van der Waals surface area contributed by atoms with Crippen molar-refractivity contribution in [3.05, 3.63) is 64.3 Å². The minimum atomic E-state index is 0.0736. The standard InChI is InChI=1S/C26H30N4O2S/c1-15-11-24(33-25(15)19-10-8-7-9-18(19)14-27-4)16(2)28-26-20-12-22(31-5)23(32-6)13-21(20)29-17(3)30-26/h7-13,16,27H,14H2,1-6H3,(H,28,29,30). The topological polar surface area (TPSA) is 68.3 Å². The molecule has 2 N–H and O–H groups in total. The first kappa shape index (κ1) is 23.0. The molecule has 6 nitrogen and oxygen atoms in total. The molecule has 0 fully saturated rings. The second-order valence-corrected chi connectivity index (χ2v) is 9.14. The van der Waals surface area contributed by atoms with Gasteiger partial charge in [-0.15, -0.1) is 11.3 Å². The molecule has 2 aromatic carbocycles. The fourth-order valence-electron chi connectivity index (χ4n) is 4.03. The van der Waals surface area contributed by atoms with Crippen molar-refractivity contribution in [1.82, 2.24) is 15.3 Å².